The average Bonchev–Trinajstić information content (AvgIpc) is 2.50. The zero-order valence-corrected chi connectivity index (χ0v) is 7.94. The maximum absolute atomic E-state index is 11.1. The molecule has 0 unspecified atom stereocenters. The molecular formula is C8H11NO5. The second-order valence-corrected chi connectivity index (χ2v) is 3.06. The van der Waals surface area contributed by atoms with Crippen molar-refractivity contribution in [1.29, 1.82) is 0 Å². The Bertz CT molecular complexity index is 298. The van der Waals surface area contributed by atoms with Crippen molar-refractivity contribution in [2.45, 2.75) is 25.9 Å². The third-order valence-corrected chi connectivity index (χ3v) is 1.83. The molecule has 1 aliphatic rings. The Hall–Kier alpha value is -1.59. The van der Waals surface area contributed by atoms with Crippen molar-refractivity contribution < 1.29 is 24.3 Å². The molecule has 14 heavy (non-hydrogen) atoms. The molecule has 0 spiro atoms. The number of esters is 1. The topological polar surface area (TPSA) is 85.2 Å². The van der Waals surface area contributed by atoms with Crippen molar-refractivity contribution in [3.8, 4) is 0 Å². The number of nitrogens with zero attached hydrogens (tertiary/aromatic N) is 1. The Morgan fingerprint density at radius 1 is 1.71 bits per heavy atom. The molecule has 0 aromatic rings. The molecule has 0 bridgehead atoms. The highest BCUT2D eigenvalue weighted by molar-refractivity contribution is 6.37. The molecule has 1 aliphatic heterocycles. The van der Waals surface area contributed by atoms with E-state index in [9.17, 15) is 9.59 Å². The van der Waals surface area contributed by atoms with Gasteiger partial charge in [0.25, 0.3) is 0 Å². The molecule has 6 nitrogen and oxygen atoms in total. The molecule has 78 valence electrons. The highest BCUT2D eigenvalue weighted by atomic mass is 16.7. The largest absolute Gasteiger partial charge is 0.478 e. The molecule has 1 atom stereocenters. The molecule has 1 rings (SSSR count). The standard InChI is InChI=1S/C8H11NO5/c1-3-13-6(10)5-4-8(2,7(11)12)14-9-5/h3-4H2,1-2H3,(H,11,12)/t8-/m0/s1. The van der Waals surface area contributed by atoms with E-state index >= 15 is 0 Å². The number of oxime groups is 1. The number of carboxylic acids is 1. The summed E-state index contributed by atoms with van der Waals surface area (Å²) in [5, 5.41) is 12.1. The SMILES string of the molecule is CCOC(=O)C1=NO[C@](C)(C(=O)O)C1. The van der Waals surface area contributed by atoms with Gasteiger partial charge in [0.05, 0.1) is 13.0 Å². The van der Waals surface area contributed by atoms with E-state index in [1.165, 1.54) is 6.92 Å². The normalized spacial score (nSPS) is 25.1. The Kier molecular flexibility index (Phi) is 2.73. The Balaban J connectivity index is 2.64. The summed E-state index contributed by atoms with van der Waals surface area (Å²) >= 11 is 0. The fraction of sp³-hybridized carbons (Fsp3) is 0.625. The lowest BCUT2D eigenvalue weighted by Gasteiger charge is -2.14. The second kappa shape index (κ2) is 3.65. The van der Waals surface area contributed by atoms with Crippen LogP contribution in [0, 0.1) is 0 Å². The van der Waals surface area contributed by atoms with Gasteiger partial charge >= 0.3 is 11.9 Å². The summed E-state index contributed by atoms with van der Waals surface area (Å²) < 4.78 is 4.66. The summed E-state index contributed by atoms with van der Waals surface area (Å²) in [6, 6.07) is 0. The van der Waals surface area contributed by atoms with Crippen LogP contribution in [0.25, 0.3) is 0 Å². The van der Waals surface area contributed by atoms with E-state index < -0.39 is 17.5 Å². The van der Waals surface area contributed by atoms with Crippen molar-refractivity contribution in [2.75, 3.05) is 6.61 Å². The van der Waals surface area contributed by atoms with Crippen LogP contribution in [0.1, 0.15) is 20.3 Å². The zero-order valence-electron chi connectivity index (χ0n) is 7.94. The molecule has 0 fully saturated rings. The third-order valence-electron chi connectivity index (χ3n) is 1.83. The van der Waals surface area contributed by atoms with Gasteiger partial charge in [-0.1, -0.05) is 5.16 Å². The first-order valence-corrected chi connectivity index (χ1v) is 4.15. The molecular weight excluding hydrogens is 190 g/mol. The van der Waals surface area contributed by atoms with E-state index in [4.69, 9.17) is 5.11 Å². The van der Waals surface area contributed by atoms with Gasteiger partial charge in [-0.2, -0.15) is 0 Å². The van der Waals surface area contributed by atoms with Crippen molar-refractivity contribution in [1.82, 2.24) is 0 Å². The second-order valence-electron chi connectivity index (χ2n) is 3.06. The number of hydrogen-bond acceptors (Lipinski definition) is 5. The van der Waals surface area contributed by atoms with Crippen LogP contribution >= 0.6 is 0 Å². The van der Waals surface area contributed by atoms with Crippen LogP contribution in [0.2, 0.25) is 0 Å². The zero-order chi connectivity index (χ0) is 10.8. The van der Waals surface area contributed by atoms with Crippen LogP contribution in [0.15, 0.2) is 5.16 Å². The number of rotatable bonds is 3. The van der Waals surface area contributed by atoms with E-state index in [0.29, 0.717) is 0 Å². The van der Waals surface area contributed by atoms with E-state index in [1.54, 1.807) is 6.92 Å². The molecule has 0 amide bonds. The quantitative estimate of drug-likeness (QED) is 0.658. The lowest BCUT2D eigenvalue weighted by molar-refractivity contribution is -0.160. The highest BCUT2D eigenvalue weighted by Gasteiger charge is 2.44. The third kappa shape index (κ3) is 1.84. The van der Waals surface area contributed by atoms with Crippen LogP contribution in [-0.4, -0.2) is 35.0 Å². The monoisotopic (exact) mass is 201 g/mol. The lowest BCUT2D eigenvalue weighted by atomic mass is 10.0. The van der Waals surface area contributed by atoms with Crippen LogP contribution in [0.4, 0.5) is 0 Å². The van der Waals surface area contributed by atoms with E-state index in [-0.39, 0.29) is 18.7 Å². The number of carbonyl (C=O) groups excluding carboxylic acids is 1. The van der Waals surface area contributed by atoms with Gasteiger partial charge < -0.3 is 14.7 Å². The predicted molar refractivity (Wildman–Crippen MR) is 45.8 cm³/mol. The fourth-order valence-electron chi connectivity index (χ4n) is 0.978. The maximum Gasteiger partial charge on any atom is 0.356 e. The van der Waals surface area contributed by atoms with Crippen molar-refractivity contribution in [2.24, 2.45) is 5.16 Å². The van der Waals surface area contributed by atoms with Crippen molar-refractivity contribution in [3.63, 3.8) is 0 Å². The minimum atomic E-state index is -1.44. The molecule has 0 saturated heterocycles. The van der Waals surface area contributed by atoms with Gasteiger partial charge in [0.2, 0.25) is 5.60 Å². The van der Waals surface area contributed by atoms with E-state index in [1.807, 2.05) is 0 Å². The summed E-state index contributed by atoms with van der Waals surface area (Å²) in [6.07, 6.45) is -0.0683. The molecule has 0 aromatic heterocycles. The van der Waals surface area contributed by atoms with Gasteiger partial charge in [-0.3, -0.25) is 0 Å². The number of hydrogen-bond donors (Lipinski definition) is 1. The van der Waals surface area contributed by atoms with Gasteiger partial charge in [0, 0.05) is 0 Å². The predicted octanol–water partition coefficient (Wildman–Crippen LogP) is 0.169. The minimum Gasteiger partial charge on any atom is -0.478 e. The summed E-state index contributed by atoms with van der Waals surface area (Å²) in [7, 11) is 0. The molecule has 1 N–H and O–H groups in total. The molecule has 0 aromatic carbocycles. The number of aliphatic carboxylic acids is 1. The summed E-state index contributed by atoms with van der Waals surface area (Å²) in [6.45, 7) is 3.23. The number of carboxylic acid groups (broad SMARTS) is 1. The smallest absolute Gasteiger partial charge is 0.356 e. The van der Waals surface area contributed by atoms with Gasteiger partial charge in [0.1, 0.15) is 0 Å². The van der Waals surface area contributed by atoms with Crippen LogP contribution in [0.5, 0.6) is 0 Å². The molecule has 6 heteroatoms. The van der Waals surface area contributed by atoms with Gasteiger partial charge in [-0.05, 0) is 13.8 Å². The average molecular weight is 201 g/mol. The maximum atomic E-state index is 11.1. The Morgan fingerprint density at radius 2 is 2.36 bits per heavy atom. The first-order valence-electron chi connectivity index (χ1n) is 4.15. The van der Waals surface area contributed by atoms with Crippen LogP contribution < -0.4 is 0 Å². The Morgan fingerprint density at radius 3 is 2.79 bits per heavy atom. The highest BCUT2D eigenvalue weighted by Crippen LogP contribution is 2.23. The van der Waals surface area contributed by atoms with E-state index in [2.05, 4.69) is 14.7 Å². The minimum absolute atomic E-state index is 0.0109. The first kappa shape index (κ1) is 10.5. The van der Waals surface area contributed by atoms with Crippen molar-refractivity contribution in [3.05, 3.63) is 0 Å². The van der Waals surface area contributed by atoms with Crippen LogP contribution in [0.3, 0.4) is 0 Å². The lowest BCUT2D eigenvalue weighted by Crippen LogP contribution is -2.36. The van der Waals surface area contributed by atoms with Gasteiger partial charge in [0.15, 0.2) is 5.71 Å². The fourth-order valence-corrected chi connectivity index (χ4v) is 0.978. The number of carbonyl (C=O) groups is 2. The first-order chi connectivity index (χ1) is 6.49. The number of ether oxygens (including phenoxy) is 1. The van der Waals surface area contributed by atoms with Crippen molar-refractivity contribution >= 4 is 17.7 Å². The van der Waals surface area contributed by atoms with E-state index in [0.717, 1.165) is 0 Å². The summed E-state index contributed by atoms with van der Waals surface area (Å²) in [4.78, 5) is 26.5. The molecule has 0 aliphatic carbocycles. The molecule has 0 radical (unpaired) electrons. The van der Waals surface area contributed by atoms with Crippen LogP contribution in [-0.2, 0) is 19.2 Å². The summed E-state index contributed by atoms with van der Waals surface area (Å²) in [5.74, 6) is -1.78. The molecule has 1 heterocycles. The molecule has 0 saturated carbocycles. The van der Waals surface area contributed by atoms with Gasteiger partial charge in [-0.25, -0.2) is 9.59 Å². The Labute approximate surface area is 80.5 Å². The van der Waals surface area contributed by atoms with Gasteiger partial charge in [-0.15, -0.1) is 0 Å². The summed E-state index contributed by atoms with van der Waals surface area (Å²) in [5.41, 5.74) is -1.43.